The van der Waals surface area contributed by atoms with Crippen LogP contribution in [-0.4, -0.2) is 26.9 Å². The highest BCUT2D eigenvalue weighted by Gasteiger charge is 2.17. The Morgan fingerprint density at radius 1 is 1.08 bits per heavy atom. The summed E-state index contributed by atoms with van der Waals surface area (Å²) in [4.78, 5) is 12.5. The fourth-order valence-corrected chi connectivity index (χ4v) is 4.02. The number of benzene rings is 1. The quantitative estimate of drug-likeness (QED) is 0.584. The normalized spacial score (nSPS) is 16.5. The first-order valence-electron chi connectivity index (χ1n) is 8.93. The van der Waals surface area contributed by atoms with E-state index >= 15 is 0 Å². The molecule has 5 nitrogen and oxygen atoms in total. The van der Waals surface area contributed by atoms with Gasteiger partial charge in [0.05, 0.1) is 4.90 Å². The molecule has 1 saturated carbocycles. The van der Waals surface area contributed by atoms with Gasteiger partial charge in [0, 0.05) is 18.2 Å². The topological polar surface area (TPSA) is 75.3 Å². The van der Waals surface area contributed by atoms with Crippen LogP contribution in [0.5, 0.6) is 0 Å². The molecule has 0 spiro atoms. The van der Waals surface area contributed by atoms with Gasteiger partial charge in [-0.05, 0) is 43.5 Å². The number of rotatable bonds is 7. The number of sulfonamides is 1. The van der Waals surface area contributed by atoms with E-state index in [0.29, 0.717) is 12.1 Å². The second-order valence-corrected chi connectivity index (χ2v) is 8.20. The maximum Gasteiger partial charge on any atom is 0.251 e. The van der Waals surface area contributed by atoms with Gasteiger partial charge in [-0.3, -0.25) is 4.79 Å². The summed E-state index contributed by atoms with van der Waals surface area (Å²) in [7, 11) is -3.49. The molecule has 134 valence electrons. The molecule has 24 heavy (non-hydrogen) atoms. The smallest absolute Gasteiger partial charge is 0.251 e. The number of carbonyl (C=O) groups is 1. The molecule has 1 aliphatic rings. The number of hydrogen-bond donors (Lipinski definition) is 2. The third-order valence-corrected chi connectivity index (χ3v) is 5.92. The minimum Gasteiger partial charge on any atom is -0.349 e. The van der Waals surface area contributed by atoms with Crippen LogP contribution in [0.4, 0.5) is 0 Å². The maximum atomic E-state index is 12.3. The van der Waals surface area contributed by atoms with Crippen LogP contribution in [0.2, 0.25) is 0 Å². The van der Waals surface area contributed by atoms with Gasteiger partial charge in [0.25, 0.3) is 5.91 Å². The molecule has 6 heteroatoms. The Balaban J connectivity index is 1.96. The van der Waals surface area contributed by atoms with Gasteiger partial charge in [-0.25, -0.2) is 13.1 Å². The van der Waals surface area contributed by atoms with Gasteiger partial charge < -0.3 is 5.32 Å². The molecule has 0 bridgehead atoms. The predicted octanol–water partition coefficient (Wildman–Crippen LogP) is 3.22. The second-order valence-electron chi connectivity index (χ2n) is 6.44. The van der Waals surface area contributed by atoms with Crippen molar-refractivity contribution in [2.75, 3.05) is 6.54 Å². The summed E-state index contributed by atoms with van der Waals surface area (Å²) in [6.45, 7) is 2.44. The molecule has 0 radical (unpaired) electrons. The van der Waals surface area contributed by atoms with Crippen LogP contribution in [0, 0.1) is 0 Å². The Morgan fingerprint density at radius 3 is 2.29 bits per heavy atom. The number of amides is 1. The van der Waals surface area contributed by atoms with Crippen molar-refractivity contribution in [3.8, 4) is 0 Å². The monoisotopic (exact) mass is 352 g/mol. The van der Waals surface area contributed by atoms with Crippen LogP contribution in [0.3, 0.4) is 0 Å². The van der Waals surface area contributed by atoms with E-state index in [1.165, 1.54) is 25.0 Å². The van der Waals surface area contributed by atoms with Crippen molar-refractivity contribution >= 4 is 15.9 Å². The molecule has 0 saturated heterocycles. The fourth-order valence-electron chi connectivity index (χ4n) is 2.94. The molecule has 0 heterocycles. The number of nitrogens with one attached hydrogen (secondary N) is 2. The molecule has 0 aliphatic heterocycles. The first kappa shape index (κ1) is 18.9. The van der Waals surface area contributed by atoms with Gasteiger partial charge in [-0.1, -0.05) is 39.0 Å². The molecule has 1 aromatic rings. The van der Waals surface area contributed by atoms with E-state index in [2.05, 4.69) is 10.0 Å². The number of carbonyl (C=O) groups excluding carboxylic acids is 1. The Kier molecular flexibility index (Phi) is 7.24. The third-order valence-electron chi connectivity index (χ3n) is 4.44. The Morgan fingerprint density at radius 2 is 1.71 bits per heavy atom. The number of hydrogen-bond acceptors (Lipinski definition) is 3. The summed E-state index contributed by atoms with van der Waals surface area (Å²) in [6.07, 6.45) is 8.59. The van der Waals surface area contributed by atoms with E-state index in [4.69, 9.17) is 0 Å². The Bertz CT molecular complexity index is 618. The van der Waals surface area contributed by atoms with Crippen molar-refractivity contribution in [1.29, 1.82) is 0 Å². The van der Waals surface area contributed by atoms with Crippen LogP contribution < -0.4 is 10.0 Å². The highest BCUT2D eigenvalue weighted by molar-refractivity contribution is 7.89. The highest BCUT2D eigenvalue weighted by atomic mass is 32.2. The molecule has 1 amide bonds. The van der Waals surface area contributed by atoms with Crippen LogP contribution in [0.15, 0.2) is 29.2 Å². The lowest BCUT2D eigenvalue weighted by Gasteiger charge is -2.16. The Labute approximate surface area is 145 Å². The molecule has 0 aromatic heterocycles. The van der Waals surface area contributed by atoms with Crippen LogP contribution >= 0.6 is 0 Å². The molecular weight excluding hydrogens is 324 g/mol. The summed E-state index contributed by atoms with van der Waals surface area (Å²) in [5, 5.41) is 3.07. The lowest BCUT2D eigenvalue weighted by Crippen LogP contribution is -2.34. The van der Waals surface area contributed by atoms with Gasteiger partial charge >= 0.3 is 0 Å². The molecular formula is C18H28N2O3S. The maximum absolute atomic E-state index is 12.3. The van der Waals surface area contributed by atoms with Crippen molar-refractivity contribution in [3.05, 3.63) is 29.8 Å². The molecule has 1 fully saturated rings. The SMILES string of the molecule is CCCCNS(=O)(=O)c1ccc(C(=O)NC2CCCCCC2)cc1. The standard InChI is InChI=1S/C18H28N2O3S/c1-2-3-14-19-24(22,23)17-12-10-15(11-13-17)18(21)20-16-8-6-4-5-7-9-16/h10-13,16,19H,2-9,14H2,1H3,(H,20,21). The van der Waals surface area contributed by atoms with Gasteiger partial charge in [0.2, 0.25) is 10.0 Å². The predicted molar refractivity (Wildman–Crippen MR) is 95.5 cm³/mol. The van der Waals surface area contributed by atoms with Crippen LogP contribution in [0.1, 0.15) is 68.6 Å². The van der Waals surface area contributed by atoms with Crippen LogP contribution in [0.25, 0.3) is 0 Å². The van der Waals surface area contributed by atoms with E-state index in [1.807, 2.05) is 6.92 Å². The van der Waals surface area contributed by atoms with E-state index in [-0.39, 0.29) is 16.8 Å². The average Bonchev–Trinajstić information content (AvgIpc) is 2.84. The van der Waals surface area contributed by atoms with E-state index in [1.54, 1.807) is 12.1 Å². The highest BCUT2D eigenvalue weighted by Crippen LogP contribution is 2.18. The zero-order chi connectivity index (χ0) is 17.4. The van der Waals surface area contributed by atoms with Gasteiger partial charge in [0.1, 0.15) is 0 Å². The zero-order valence-corrected chi connectivity index (χ0v) is 15.2. The average molecular weight is 353 g/mol. The first-order chi connectivity index (χ1) is 11.5. The molecule has 0 unspecified atom stereocenters. The lowest BCUT2D eigenvalue weighted by atomic mass is 10.1. The lowest BCUT2D eigenvalue weighted by molar-refractivity contribution is 0.0933. The molecule has 2 N–H and O–H groups in total. The summed E-state index contributed by atoms with van der Waals surface area (Å²) in [5.74, 6) is -0.121. The fraction of sp³-hybridized carbons (Fsp3) is 0.611. The summed E-state index contributed by atoms with van der Waals surface area (Å²) in [6, 6.07) is 6.40. The van der Waals surface area contributed by atoms with E-state index < -0.39 is 10.0 Å². The van der Waals surface area contributed by atoms with Gasteiger partial charge in [-0.15, -0.1) is 0 Å². The third kappa shape index (κ3) is 5.60. The minimum absolute atomic E-state index is 0.121. The zero-order valence-electron chi connectivity index (χ0n) is 14.4. The summed E-state index contributed by atoms with van der Waals surface area (Å²) >= 11 is 0. The minimum atomic E-state index is -3.49. The van der Waals surface area contributed by atoms with Gasteiger partial charge in [0.15, 0.2) is 0 Å². The molecule has 0 atom stereocenters. The van der Waals surface area contributed by atoms with E-state index in [0.717, 1.165) is 38.5 Å². The molecule has 1 aliphatic carbocycles. The summed E-state index contributed by atoms with van der Waals surface area (Å²) in [5.41, 5.74) is 0.506. The van der Waals surface area contributed by atoms with Crippen molar-refractivity contribution in [2.24, 2.45) is 0 Å². The summed E-state index contributed by atoms with van der Waals surface area (Å²) < 4.78 is 26.8. The van der Waals surface area contributed by atoms with Gasteiger partial charge in [-0.2, -0.15) is 0 Å². The largest absolute Gasteiger partial charge is 0.349 e. The number of unbranched alkanes of at least 4 members (excludes halogenated alkanes) is 1. The molecule has 1 aromatic carbocycles. The van der Waals surface area contributed by atoms with E-state index in [9.17, 15) is 13.2 Å². The first-order valence-corrected chi connectivity index (χ1v) is 10.4. The van der Waals surface area contributed by atoms with Crippen molar-refractivity contribution in [2.45, 2.75) is 69.2 Å². The molecule has 2 rings (SSSR count). The van der Waals surface area contributed by atoms with Crippen molar-refractivity contribution in [1.82, 2.24) is 10.0 Å². The van der Waals surface area contributed by atoms with Crippen molar-refractivity contribution in [3.63, 3.8) is 0 Å². The Hall–Kier alpha value is -1.40. The second kappa shape index (κ2) is 9.18. The van der Waals surface area contributed by atoms with Crippen LogP contribution in [-0.2, 0) is 10.0 Å². The van der Waals surface area contributed by atoms with Crippen molar-refractivity contribution < 1.29 is 13.2 Å².